The van der Waals surface area contributed by atoms with Crippen molar-refractivity contribution in [1.82, 2.24) is 0 Å². The molecule has 5 saturated carbocycles. The summed E-state index contributed by atoms with van der Waals surface area (Å²) in [5.74, 6) is 2.16. The second-order valence-electron chi connectivity index (χ2n) is 15.9. The zero-order valence-electron chi connectivity index (χ0n) is 22.3. The number of aliphatic hydroxyl groups excluding tert-OH is 1. The highest BCUT2D eigenvalue weighted by Crippen LogP contribution is 2.89. The molecule has 1 N–H and O–H groups in total. The first-order valence-corrected chi connectivity index (χ1v) is 14.6. The van der Waals surface area contributed by atoms with Crippen LogP contribution in [-0.4, -0.2) is 35.0 Å². The van der Waals surface area contributed by atoms with Crippen LogP contribution in [0.3, 0.4) is 0 Å². The van der Waals surface area contributed by atoms with Crippen LogP contribution in [0, 0.1) is 50.7 Å². The molecule has 4 heteroatoms. The lowest BCUT2D eigenvalue weighted by Crippen LogP contribution is -2.57. The van der Waals surface area contributed by atoms with Gasteiger partial charge in [-0.15, -0.1) is 0 Å². The molecule has 0 aromatic rings. The van der Waals surface area contributed by atoms with E-state index in [9.17, 15) is 5.11 Å². The first-order valence-electron chi connectivity index (χ1n) is 14.6. The predicted octanol–water partition coefficient (Wildman–Crippen LogP) is 6.05. The summed E-state index contributed by atoms with van der Waals surface area (Å²) in [7, 11) is 0. The number of ether oxygens (including phenoxy) is 3. The zero-order chi connectivity index (χ0) is 23.7. The van der Waals surface area contributed by atoms with Gasteiger partial charge in [0.2, 0.25) is 5.79 Å². The Balaban J connectivity index is 1.15. The van der Waals surface area contributed by atoms with Crippen LogP contribution >= 0.6 is 0 Å². The normalized spacial score (nSPS) is 68.7. The van der Waals surface area contributed by atoms with Crippen LogP contribution in [0.2, 0.25) is 0 Å². The molecule has 34 heavy (non-hydrogen) atoms. The minimum absolute atomic E-state index is 0.111. The summed E-state index contributed by atoms with van der Waals surface area (Å²) in [4.78, 5) is 0. The number of aliphatic hydroxyl groups is 1. The van der Waals surface area contributed by atoms with Crippen LogP contribution in [0.1, 0.15) is 106 Å². The molecule has 0 aromatic carbocycles. The average molecular weight is 471 g/mol. The summed E-state index contributed by atoms with van der Waals surface area (Å²) in [6, 6.07) is 0. The van der Waals surface area contributed by atoms with Gasteiger partial charge < -0.3 is 19.3 Å². The average Bonchev–Trinajstić information content (AvgIpc) is 3.57. The van der Waals surface area contributed by atoms with E-state index in [4.69, 9.17) is 14.2 Å². The molecule has 8 fully saturated rings. The monoisotopic (exact) mass is 470 g/mol. The van der Waals surface area contributed by atoms with Crippen molar-refractivity contribution in [3.63, 3.8) is 0 Å². The van der Waals surface area contributed by atoms with Crippen LogP contribution in [0.25, 0.3) is 0 Å². The van der Waals surface area contributed by atoms with Gasteiger partial charge in [-0.25, -0.2) is 0 Å². The Morgan fingerprint density at radius 3 is 2.21 bits per heavy atom. The molecule has 5 aliphatic carbocycles. The molecule has 8 rings (SSSR count). The summed E-state index contributed by atoms with van der Waals surface area (Å²) >= 11 is 0. The van der Waals surface area contributed by atoms with Crippen molar-refractivity contribution in [2.45, 2.75) is 136 Å². The van der Waals surface area contributed by atoms with Crippen LogP contribution in [0.5, 0.6) is 0 Å². The minimum atomic E-state index is -0.865. The standard InChI is InChI=1S/C30H46O4/c1-17-14-30(22-27(6,33-22)23(31)34-30)32-18-15-26(5)20-9-8-19-24(2,3)10-7-11-28(19)16-29(20,28)13-12-25(26,4)21(17)18/h17-23,31H,7-16H2,1-6H3/t17-,18?,19?,20+,21+,22?,23?,25-,26+,27?,28-,29?,30?/m1/s1. The van der Waals surface area contributed by atoms with E-state index in [0.29, 0.717) is 38.9 Å². The van der Waals surface area contributed by atoms with Gasteiger partial charge in [0.25, 0.3) is 0 Å². The number of epoxide rings is 1. The van der Waals surface area contributed by atoms with E-state index >= 15 is 0 Å². The molecule has 7 unspecified atom stereocenters. The Hall–Kier alpha value is -0.160. The van der Waals surface area contributed by atoms with Gasteiger partial charge in [-0.2, -0.15) is 0 Å². The lowest BCUT2D eigenvalue weighted by Gasteiger charge is -2.63. The van der Waals surface area contributed by atoms with Crippen molar-refractivity contribution in [2.75, 3.05) is 0 Å². The molecular weight excluding hydrogens is 424 g/mol. The van der Waals surface area contributed by atoms with E-state index in [0.717, 1.165) is 18.3 Å². The Kier molecular flexibility index (Phi) is 3.73. The van der Waals surface area contributed by atoms with E-state index in [-0.39, 0.29) is 12.2 Å². The van der Waals surface area contributed by atoms with Gasteiger partial charge in [-0.3, -0.25) is 0 Å². The number of fused-ring (bicyclic) bond motifs is 6. The molecule has 0 bridgehead atoms. The molecular formula is C30H46O4. The third-order valence-electron chi connectivity index (χ3n) is 14.5. The van der Waals surface area contributed by atoms with Gasteiger partial charge in [-0.1, -0.05) is 41.0 Å². The van der Waals surface area contributed by atoms with E-state index in [2.05, 4.69) is 34.6 Å². The lowest BCUT2D eigenvalue weighted by molar-refractivity contribution is -0.344. The molecule has 4 nitrogen and oxygen atoms in total. The fourth-order valence-electron chi connectivity index (χ4n) is 13.0. The molecule has 3 aliphatic heterocycles. The van der Waals surface area contributed by atoms with Crippen molar-refractivity contribution in [1.29, 1.82) is 0 Å². The quantitative estimate of drug-likeness (QED) is 0.438. The maximum absolute atomic E-state index is 10.6. The first kappa shape index (κ1) is 21.9. The largest absolute Gasteiger partial charge is 0.365 e. The molecule has 3 saturated heterocycles. The van der Waals surface area contributed by atoms with Crippen molar-refractivity contribution in [2.24, 2.45) is 50.7 Å². The fraction of sp³-hybridized carbons (Fsp3) is 1.00. The summed E-state index contributed by atoms with van der Waals surface area (Å²) < 4.78 is 19.2. The van der Waals surface area contributed by atoms with E-state index in [1.165, 1.54) is 57.8 Å². The molecule has 13 atom stereocenters. The van der Waals surface area contributed by atoms with Crippen LogP contribution in [0.4, 0.5) is 0 Å². The van der Waals surface area contributed by atoms with Gasteiger partial charge in [0.1, 0.15) is 11.7 Å². The lowest BCUT2D eigenvalue weighted by atomic mass is 9.42. The van der Waals surface area contributed by atoms with E-state index in [1.807, 2.05) is 6.92 Å². The Morgan fingerprint density at radius 2 is 1.50 bits per heavy atom. The van der Waals surface area contributed by atoms with Crippen LogP contribution in [-0.2, 0) is 14.2 Å². The Bertz CT molecular complexity index is 963. The van der Waals surface area contributed by atoms with Gasteiger partial charge in [0, 0.05) is 6.42 Å². The highest BCUT2D eigenvalue weighted by atomic mass is 16.8. The summed E-state index contributed by atoms with van der Waals surface area (Å²) in [5.41, 5.74) is 1.88. The number of rotatable bonds is 0. The van der Waals surface area contributed by atoms with Crippen molar-refractivity contribution in [3.8, 4) is 0 Å². The highest BCUT2D eigenvalue weighted by molar-refractivity contribution is 5.31. The third-order valence-corrected chi connectivity index (χ3v) is 14.5. The zero-order valence-corrected chi connectivity index (χ0v) is 22.3. The molecule has 0 radical (unpaired) electrons. The van der Waals surface area contributed by atoms with Crippen LogP contribution < -0.4 is 0 Å². The SMILES string of the molecule is C[C@@H]1CC2(OC3C[C@@]4(C)[C@@H]5CCC6C(C)(C)CCC[C@@]67CC57CC[C@]4(C)[C@H]31)OC(O)C1(C)OC21. The molecule has 190 valence electrons. The second-order valence-corrected chi connectivity index (χ2v) is 15.9. The maximum atomic E-state index is 10.6. The van der Waals surface area contributed by atoms with Crippen molar-refractivity contribution < 1.29 is 19.3 Å². The topological polar surface area (TPSA) is 51.2 Å². The van der Waals surface area contributed by atoms with Gasteiger partial charge in [0.05, 0.1) is 6.10 Å². The predicted molar refractivity (Wildman–Crippen MR) is 129 cm³/mol. The smallest absolute Gasteiger partial charge is 0.201 e. The molecule has 3 heterocycles. The summed E-state index contributed by atoms with van der Waals surface area (Å²) in [6.07, 6.45) is 12.9. The minimum Gasteiger partial charge on any atom is -0.365 e. The van der Waals surface area contributed by atoms with Crippen molar-refractivity contribution in [3.05, 3.63) is 0 Å². The number of hydrogen-bond acceptors (Lipinski definition) is 4. The van der Waals surface area contributed by atoms with Gasteiger partial charge in [-0.05, 0) is 109 Å². The summed E-state index contributed by atoms with van der Waals surface area (Å²) in [5, 5.41) is 10.6. The Labute approximate surface area is 205 Å². The maximum Gasteiger partial charge on any atom is 0.201 e. The molecule has 8 aliphatic rings. The molecule has 3 spiro atoms. The Morgan fingerprint density at radius 1 is 0.765 bits per heavy atom. The van der Waals surface area contributed by atoms with Gasteiger partial charge in [0.15, 0.2) is 6.29 Å². The van der Waals surface area contributed by atoms with E-state index < -0.39 is 17.7 Å². The van der Waals surface area contributed by atoms with E-state index in [1.54, 1.807) is 0 Å². The van der Waals surface area contributed by atoms with Crippen LogP contribution in [0.15, 0.2) is 0 Å². The molecule has 0 aromatic heterocycles. The summed E-state index contributed by atoms with van der Waals surface area (Å²) in [6.45, 7) is 14.9. The molecule has 0 amide bonds. The van der Waals surface area contributed by atoms with Crippen molar-refractivity contribution >= 4 is 0 Å². The van der Waals surface area contributed by atoms with Gasteiger partial charge >= 0.3 is 0 Å². The fourth-order valence-corrected chi connectivity index (χ4v) is 13.0. The highest BCUT2D eigenvalue weighted by Gasteiger charge is 2.84. The number of hydrogen-bond donors (Lipinski definition) is 1. The third kappa shape index (κ3) is 2.07. The second kappa shape index (κ2) is 5.79. The first-order chi connectivity index (χ1) is 15.9.